The van der Waals surface area contributed by atoms with Crippen molar-refractivity contribution in [3.63, 3.8) is 0 Å². The second-order valence-electron chi connectivity index (χ2n) is 9.83. The molecule has 0 amide bonds. The van der Waals surface area contributed by atoms with Crippen LogP contribution >= 0.6 is 0 Å². The Bertz CT molecular complexity index is 1020. The lowest BCUT2D eigenvalue weighted by Gasteiger charge is -2.41. The second kappa shape index (κ2) is 8.44. The number of benzene rings is 1. The number of halogens is 6. The third-order valence-electron chi connectivity index (χ3n) is 7.44. The van der Waals surface area contributed by atoms with Crippen LogP contribution in [0.25, 0.3) is 0 Å². The zero-order valence-corrected chi connectivity index (χ0v) is 19.0. The number of carbonyl (C=O) groups is 2. The van der Waals surface area contributed by atoms with Gasteiger partial charge in [0, 0.05) is 11.5 Å². The molecule has 0 aliphatic heterocycles. The van der Waals surface area contributed by atoms with Crippen molar-refractivity contribution >= 4 is 11.9 Å². The van der Waals surface area contributed by atoms with Gasteiger partial charge in [0.2, 0.25) is 0 Å². The molecule has 0 saturated heterocycles. The highest BCUT2D eigenvalue weighted by atomic mass is 19.4. The van der Waals surface area contributed by atoms with E-state index in [0.29, 0.717) is 11.8 Å². The Labute approximate surface area is 197 Å². The molecule has 4 aliphatic rings. The largest absolute Gasteiger partial charge is 0.481 e. The molecule has 0 N–H and O–H groups in total. The first-order valence-corrected chi connectivity index (χ1v) is 11.1. The number of hydrogen-bond donors (Lipinski definition) is 0. The predicted molar refractivity (Wildman–Crippen MR) is 109 cm³/mol. The average Bonchev–Trinajstić information content (AvgIpc) is 3.12. The Morgan fingerprint density at radius 1 is 1.03 bits per heavy atom. The van der Waals surface area contributed by atoms with Crippen molar-refractivity contribution < 1.29 is 50.1 Å². The zero-order chi connectivity index (χ0) is 25.9. The molecule has 4 saturated carbocycles. The highest BCUT2D eigenvalue weighted by Crippen LogP contribution is 2.63. The van der Waals surface area contributed by atoms with Crippen LogP contribution in [0.2, 0.25) is 0 Å². The molecule has 0 heterocycles. The number of ether oxygens (including phenoxy) is 3. The van der Waals surface area contributed by atoms with E-state index in [4.69, 9.17) is 9.47 Å². The van der Waals surface area contributed by atoms with Crippen LogP contribution < -0.4 is 9.47 Å². The number of carbonyl (C=O) groups excluding carboxylic acids is 2. The Kier molecular flexibility index (Phi) is 6.12. The number of alkyl halides is 6. The quantitative estimate of drug-likeness (QED) is 0.207. The summed E-state index contributed by atoms with van der Waals surface area (Å²) in [5.41, 5.74) is -4.71. The first-order chi connectivity index (χ1) is 16.1. The molecule has 0 spiro atoms. The van der Waals surface area contributed by atoms with E-state index in [-0.39, 0.29) is 29.5 Å². The molecule has 5 nitrogen and oxygen atoms in total. The van der Waals surface area contributed by atoms with Gasteiger partial charge in [0.05, 0.1) is 0 Å². The predicted octanol–water partition coefficient (Wildman–Crippen LogP) is 5.95. The van der Waals surface area contributed by atoms with Gasteiger partial charge in [-0.3, -0.25) is 0 Å². The molecule has 5 unspecified atom stereocenters. The van der Waals surface area contributed by atoms with Gasteiger partial charge >= 0.3 is 24.3 Å². The molecule has 35 heavy (non-hydrogen) atoms. The monoisotopic (exact) mass is 506 g/mol. The van der Waals surface area contributed by atoms with Crippen molar-refractivity contribution in [2.45, 2.75) is 57.5 Å². The maximum Gasteiger partial charge on any atom is 0.420 e. The number of esters is 2. The second-order valence-corrected chi connectivity index (χ2v) is 9.83. The van der Waals surface area contributed by atoms with Gasteiger partial charge in [-0.1, -0.05) is 6.58 Å². The van der Waals surface area contributed by atoms with Crippen LogP contribution in [0.15, 0.2) is 24.3 Å². The molecule has 192 valence electrons. The SMILES string of the molecule is C=C(C)C(=O)Oc1cc(C(F)(F)F)c(OCC(=O)OC2(C)C3CC4CC(C3)C2C4)c(C(F)(F)F)c1. The van der Waals surface area contributed by atoms with E-state index in [0.717, 1.165) is 25.7 Å². The topological polar surface area (TPSA) is 61.8 Å². The fraction of sp³-hybridized carbons (Fsp3) is 0.583. The van der Waals surface area contributed by atoms with E-state index in [9.17, 15) is 35.9 Å². The minimum atomic E-state index is -5.31. The Balaban J connectivity index is 1.59. The van der Waals surface area contributed by atoms with Crippen molar-refractivity contribution in [3.8, 4) is 11.5 Å². The smallest absolute Gasteiger partial charge is 0.420 e. The molecule has 5 atom stereocenters. The summed E-state index contributed by atoms with van der Waals surface area (Å²) >= 11 is 0. The first-order valence-electron chi connectivity index (χ1n) is 11.1. The summed E-state index contributed by atoms with van der Waals surface area (Å²) in [4.78, 5) is 24.2. The van der Waals surface area contributed by atoms with Gasteiger partial charge in [0.15, 0.2) is 6.61 Å². The molecule has 1 aromatic rings. The fourth-order valence-electron chi connectivity index (χ4n) is 6.03. The minimum absolute atomic E-state index is 0.118. The minimum Gasteiger partial charge on any atom is -0.481 e. The van der Waals surface area contributed by atoms with Crippen molar-refractivity contribution in [1.82, 2.24) is 0 Å². The van der Waals surface area contributed by atoms with E-state index in [1.54, 1.807) is 6.92 Å². The van der Waals surface area contributed by atoms with Crippen molar-refractivity contribution in [1.29, 1.82) is 0 Å². The van der Waals surface area contributed by atoms with Gasteiger partial charge in [-0.15, -0.1) is 0 Å². The fourth-order valence-corrected chi connectivity index (χ4v) is 6.03. The summed E-state index contributed by atoms with van der Waals surface area (Å²) in [6.07, 6.45) is -6.88. The molecule has 4 aliphatic carbocycles. The van der Waals surface area contributed by atoms with Crippen LogP contribution in [0.4, 0.5) is 26.3 Å². The van der Waals surface area contributed by atoms with Gasteiger partial charge < -0.3 is 14.2 Å². The molecule has 5 rings (SSSR count). The van der Waals surface area contributed by atoms with E-state index in [2.05, 4.69) is 11.3 Å². The van der Waals surface area contributed by atoms with Crippen molar-refractivity contribution in [2.24, 2.45) is 23.7 Å². The standard InChI is InChI=1S/C24H24F6O5/c1-11(2)21(32)34-15-8-17(23(25,26)27)20(18(9-15)24(28,29)30)33-10-19(31)35-22(3)14-5-12-4-13(7-14)16(22)6-12/h8-9,12-14,16H,1,4-7,10H2,2-3H3. The van der Waals surface area contributed by atoms with Gasteiger partial charge in [0.25, 0.3) is 0 Å². The Hall–Kier alpha value is -2.72. The Morgan fingerprint density at radius 3 is 2.14 bits per heavy atom. The van der Waals surface area contributed by atoms with E-state index in [1.807, 2.05) is 0 Å². The summed E-state index contributed by atoms with van der Waals surface area (Å²) in [6, 6.07) is 0.430. The van der Waals surface area contributed by atoms with E-state index < -0.39 is 59.1 Å². The number of rotatable bonds is 6. The molecule has 4 fully saturated rings. The van der Waals surface area contributed by atoms with Crippen molar-refractivity contribution in [3.05, 3.63) is 35.4 Å². The van der Waals surface area contributed by atoms with Crippen LogP contribution in [-0.4, -0.2) is 24.1 Å². The van der Waals surface area contributed by atoms with Crippen LogP contribution in [0.3, 0.4) is 0 Å². The summed E-state index contributed by atoms with van der Waals surface area (Å²) in [5, 5.41) is 0. The van der Waals surface area contributed by atoms with E-state index in [1.165, 1.54) is 6.92 Å². The van der Waals surface area contributed by atoms with Crippen molar-refractivity contribution in [2.75, 3.05) is 6.61 Å². The molecular formula is C24H24F6O5. The van der Waals surface area contributed by atoms with E-state index >= 15 is 0 Å². The van der Waals surface area contributed by atoms with Crippen LogP contribution in [0, 0.1) is 23.7 Å². The molecular weight excluding hydrogens is 482 g/mol. The van der Waals surface area contributed by atoms with Gasteiger partial charge in [0.1, 0.15) is 28.2 Å². The Morgan fingerprint density at radius 2 is 1.63 bits per heavy atom. The maximum atomic E-state index is 13.7. The highest BCUT2D eigenvalue weighted by Gasteiger charge is 2.62. The third-order valence-corrected chi connectivity index (χ3v) is 7.44. The third kappa shape index (κ3) is 4.73. The molecule has 1 aromatic carbocycles. The lowest BCUT2D eigenvalue weighted by molar-refractivity contribution is -0.174. The van der Waals surface area contributed by atoms with Gasteiger partial charge in [-0.25, -0.2) is 9.59 Å². The van der Waals surface area contributed by atoms with Crippen LogP contribution in [0.1, 0.15) is 50.7 Å². The summed E-state index contributed by atoms with van der Waals surface area (Å²) < 4.78 is 97.2. The average molecular weight is 506 g/mol. The lowest BCUT2D eigenvalue weighted by atomic mass is 9.73. The molecule has 11 heteroatoms. The van der Waals surface area contributed by atoms with Crippen LogP contribution in [0.5, 0.6) is 11.5 Å². The molecule has 0 radical (unpaired) electrons. The maximum absolute atomic E-state index is 13.7. The van der Waals surface area contributed by atoms with Crippen LogP contribution in [-0.2, 0) is 26.7 Å². The number of hydrogen-bond acceptors (Lipinski definition) is 5. The molecule has 4 bridgehead atoms. The summed E-state index contributed by atoms with van der Waals surface area (Å²) in [6.45, 7) is 5.07. The van der Waals surface area contributed by atoms with Gasteiger partial charge in [-0.05, 0) is 69.4 Å². The normalized spacial score (nSPS) is 29.3. The lowest BCUT2D eigenvalue weighted by Crippen LogP contribution is -2.45. The zero-order valence-electron chi connectivity index (χ0n) is 19.0. The molecule has 0 aromatic heterocycles. The summed E-state index contributed by atoms with van der Waals surface area (Å²) in [5.74, 6) is -3.57. The van der Waals surface area contributed by atoms with Gasteiger partial charge in [-0.2, -0.15) is 26.3 Å². The summed E-state index contributed by atoms with van der Waals surface area (Å²) in [7, 11) is 0. The first kappa shape index (κ1) is 25.4. The highest BCUT2D eigenvalue weighted by molar-refractivity contribution is 5.88.